The van der Waals surface area contributed by atoms with E-state index in [9.17, 15) is 0 Å². The van der Waals surface area contributed by atoms with E-state index in [1.54, 1.807) is 0 Å². The van der Waals surface area contributed by atoms with E-state index in [1.165, 1.54) is 257 Å². The summed E-state index contributed by atoms with van der Waals surface area (Å²) in [5, 5.41) is 35.6. The average Bonchev–Trinajstić information content (AvgIpc) is 0.805. The zero-order valence-electron chi connectivity index (χ0n) is 69.7. The van der Waals surface area contributed by atoms with Crippen molar-refractivity contribution in [2.45, 2.75) is 0 Å². The molecule has 28 rings (SSSR count). The molecular weight excluding hydrogens is 1550 g/mol. The predicted molar refractivity (Wildman–Crippen MR) is 547 cm³/mol. The van der Waals surface area contributed by atoms with Gasteiger partial charge in [0.05, 0.1) is 49.8 Å². The number of nitrogens with zero attached hydrogens (tertiary/aromatic N) is 4. The molecule has 0 fully saturated rings. The van der Waals surface area contributed by atoms with Crippen LogP contribution in [0.4, 0.5) is 0 Å². The number of hydrogen-bond acceptors (Lipinski definition) is 0. The first-order valence-electron chi connectivity index (χ1n) is 44.3. The first-order chi connectivity index (χ1) is 63.5. The van der Waals surface area contributed by atoms with Gasteiger partial charge >= 0.3 is 0 Å². The van der Waals surface area contributed by atoms with Crippen molar-refractivity contribution in [2.75, 3.05) is 0 Å². The van der Waals surface area contributed by atoms with Gasteiger partial charge in [0.25, 0.3) is 0 Å². The molecule has 0 N–H and O–H groups in total. The van der Waals surface area contributed by atoms with Crippen LogP contribution in [0.1, 0.15) is 0 Å². The van der Waals surface area contributed by atoms with Gasteiger partial charge in [-0.1, -0.05) is 328 Å². The zero-order chi connectivity index (χ0) is 83.8. The summed E-state index contributed by atoms with van der Waals surface area (Å²) < 4.78 is 9.68. The SMILES string of the molecule is c1ccc(-n2c3ccccc3c3cc(-c4ccc5c(c4)c4ccccc4n5-c4ccc(-c5cc6c7ccccc7c7ccccc7c6c6ccccc56)c5ccccc45)ccc32)cc1.c1ccc(-n2c3ccccc3c3cc(-c4ccc5c(c4)c4ccccc4n5-c4ccc5cc(-c6cc7c8ccccc8c8ccccc8c7c7ccccc67)ccc5c4)ccc32)cc1. The molecule has 4 heteroatoms. The smallest absolute Gasteiger partial charge is 0.0541 e. The highest BCUT2D eigenvalue weighted by Crippen LogP contribution is 2.50. The maximum absolute atomic E-state index is 2.48. The molecule has 0 spiro atoms. The summed E-state index contributed by atoms with van der Waals surface area (Å²) in [6, 6.07) is 171. The van der Waals surface area contributed by atoms with E-state index in [4.69, 9.17) is 0 Å². The van der Waals surface area contributed by atoms with Crippen molar-refractivity contribution in [1.29, 1.82) is 0 Å². The van der Waals surface area contributed by atoms with Crippen molar-refractivity contribution >= 4 is 195 Å². The summed E-state index contributed by atoms with van der Waals surface area (Å²) in [4.78, 5) is 0. The number of fused-ring (bicyclic) bond motifs is 30. The Morgan fingerprint density at radius 3 is 0.812 bits per heavy atom. The second kappa shape index (κ2) is 28.3. The van der Waals surface area contributed by atoms with Gasteiger partial charge in [0.2, 0.25) is 0 Å². The fourth-order valence-electron chi connectivity index (χ4n) is 22.1. The summed E-state index contributed by atoms with van der Waals surface area (Å²) in [5.41, 5.74) is 24.1. The minimum Gasteiger partial charge on any atom is -0.309 e. The maximum atomic E-state index is 2.48. The number of hydrogen-bond donors (Lipinski definition) is 0. The van der Waals surface area contributed by atoms with E-state index < -0.39 is 0 Å². The number of benzene rings is 24. The quantitative estimate of drug-likeness (QED) is 0.135. The zero-order valence-corrected chi connectivity index (χ0v) is 69.7. The minimum atomic E-state index is 1.16. The van der Waals surface area contributed by atoms with Crippen molar-refractivity contribution < 1.29 is 0 Å². The molecule has 0 unspecified atom stereocenters. The molecule has 0 amide bonds. The average molecular weight is 1620 g/mol. The molecule has 0 aliphatic rings. The third-order valence-corrected chi connectivity index (χ3v) is 27.7. The van der Waals surface area contributed by atoms with Gasteiger partial charge in [-0.2, -0.15) is 0 Å². The number of aromatic nitrogens is 4. The molecule has 4 aromatic heterocycles. The fourth-order valence-corrected chi connectivity index (χ4v) is 22.1. The van der Waals surface area contributed by atoms with Crippen LogP contribution in [-0.2, 0) is 0 Å². The standard InChI is InChI=1S/2C62H38N2/c1-2-16-41(17-3-1)63-57-28-14-12-24-49(57)54-36-39(30-33-60(54)63)40-31-34-61-55(37-40)50-25-13-15-29-58(50)64(61)59-35-32-47(43-19-6-9-23-48(43)59)53-38-56-45-21-5-4-18-42(45)44-20-7-10-26-51(44)62(56)52-27-11-8-22-46(52)53;1-2-14-44(15-3-1)63-58-24-12-10-20-50(58)55-36-41(29-32-60(55)63)42-30-33-61-56(37-42)51-21-11-13-25-59(51)64(61)45-31-28-39-34-43(27-26-40(39)35-45)54-38-57-48-18-5-4-16-46(48)47-17-6-8-22-52(47)62(57)53-23-9-7-19-49(53)54/h2*1-38H. The van der Waals surface area contributed by atoms with Gasteiger partial charge in [-0.25, -0.2) is 0 Å². The molecule has 0 aliphatic carbocycles. The van der Waals surface area contributed by atoms with Gasteiger partial charge in [-0.15, -0.1) is 0 Å². The minimum absolute atomic E-state index is 1.16. The van der Waals surface area contributed by atoms with Gasteiger partial charge in [-0.3, -0.25) is 0 Å². The fraction of sp³-hybridized carbons (Fsp3) is 0. The van der Waals surface area contributed by atoms with Gasteiger partial charge in [0.1, 0.15) is 0 Å². The van der Waals surface area contributed by atoms with Gasteiger partial charge in [-0.05, 0) is 280 Å². The second-order valence-electron chi connectivity index (χ2n) is 34.4. The molecular formula is C124H76N4. The maximum Gasteiger partial charge on any atom is 0.0541 e. The van der Waals surface area contributed by atoms with Crippen molar-refractivity contribution in [3.63, 3.8) is 0 Å². The molecule has 592 valence electrons. The van der Waals surface area contributed by atoms with E-state index in [1.807, 2.05) is 0 Å². The van der Waals surface area contributed by atoms with Gasteiger partial charge < -0.3 is 18.3 Å². The normalized spacial score (nSPS) is 12.1. The van der Waals surface area contributed by atoms with E-state index in [-0.39, 0.29) is 0 Å². The van der Waals surface area contributed by atoms with Crippen LogP contribution in [0, 0.1) is 0 Å². The first-order valence-corrected chi connectivity index (χ1v) is 44.3. The second-order valence-corrected chi connectivity index (χ2v) is 34.4. The van der Waals surface area contributed by atoms with Crippen LogP contribution >= 0.6 is 0 Å². The predicted octanol–water partition coefficient (Wildman–Crippen LogP) is 34.0. The molecule has 0 aliphatic heterocycles. The molecule has 0 saturated carbocycles. The van der Waals surface area contributed by atoms with Crippen LogP contribution in [0.2, 0.25) is 0 Å². The molecule has 4 heterocycles. The summed E-state index contributed by atoms with van der Waals surface area (Å²) in [7, 11) is 0. The lowest BCUT2D eigenvalue weighted by molar-refractivity contribution is 1.18. The Labute approximate surface area is 736 Å². The van der Waals surface area contributed by atoms with Crippen LogP contribution < -0.4 is 0 Å². The highest BCUT2D eigenvalue weighted by atomic mass is 15.0. The molecule has 0 atom stereocenters. The molecule has 24 aromatic carbocycles. The van der Waals surface area contributed by atoms with Gasteiger partial charge in [0, 0.05) is 65.5 Å². The highest BCUT2D eigenvalue weighted by molar-refractivity contribution is 6.35. The molecule has 28 aromatic rings. The highest BCUT2D eigenvalue weighted by Gasteiger charge is 2.25. The number of rotatable bonds is 8. The third-order valence-electron chi connectivity index (χ3n) is 27.7. The molecule has 0 radical (unpaired) electrons. The topological polar surface area (TPSA) is 19.7 Å². The van der Waals surface area contributed by atoms with Crippen LogP contribution in [0.5, 0.6) is 0 Å². The van der Waals surface area contributed by atoms with E-state index in [0.29, 0.717) is 0 Å². The Morgan fingerprint density at radius 2 is 0.391 bits per heavy atom. The summed E-state index contributed by atoms with van der Waals surface area (Å²) in [6.45, 7) is 0. The Morgan fingerprint density at radius 1 is 0.117 bits per heavy atom. The van der Waals surface area contributed by atoms with E-state index in [2.05, 4.69) is 479 Å². The Kier molecular flexibility index (Phi) is 15.8. The lowest BCUT2D eigenvalue weighted by Gasteiger charge is -2.18. The van der Waals surface area contributed by atoms with Crippen LogP contribution in [0.15, 0.2) is 461 Å². The van der Waals surface area contributed by atoms with E-state index in [0.717, 1.165) is 5.69 Å². The van der Waals surface area contributed by atoms with Crippen molar-refractivity contribution in [2.24, 2.45) is 0 Å². The Bertz CT molecular complexity index is 9590. The Hall–Kier alpha value is -16.9. The van der Waals surface area contributed by atoms with Crippen LogP contribution in [0.25, 0.3) is 262 Å². The monoisotopic (exact) mass is 1620 g/mol. The first kappa shape index (κ1) is 71.6. The summed E-state index contributed by atoms with van der Waals surface area (Å²) in [6.07, 6.45) is 0. The third kappa shape index (κ3) is 10.8. The Balaban J connectivity index is 0.000000132. The largest absolute Gasteiger partial charge is 0.309 e. The summed E-state index contributed by atoms with van der Waals surface area (Å²) in [5.74, 6) is 0. The van der Waals surface area contributed by atoms with Crippen molar-refractivity contribution in [3.05, 3.63) is 461 Å². The van der Waals surface area contributed by atoms with Crippen LogP contribution in [-0.4, -0.2) is 18.3 Å². The van der Waals surface area contributed by atoms with Crippen LogP contribution in [0.3, 0.4) is 0 Å². The van der Waals surface area contributed by atoms with Crippen molar-refractivity contribution in [1.82, 2.24) is 18.3 Å². The lowest BCUT2D eigenvalue weighted by Crippen LogP contribution is -1.97. The lowest BCUT2D eigenvalue weighted by atomic mass is 9.86. The molecule has 128 heavy (non-hydrogen) atoms. The van der Waals surface area contributed by atoms with Crippen molar-refractivity contribution in [3.8, 4) is 67.3 Å². The molecule has 0 saturated heterocycles. The summed E-state index contributed by atoms with van der Waals surface area (Å²) >= 11 is 0. The van der Waals surface area contributed by atoms with E-state index >= 15 is 0 Å². The molecule has 4 nitrogen and oxygen atoms in total. The number of para-hydroxylation sites is 6. The van der Waals surface area contributed by atoms with Gasteiger partial charge in [0.15, 0.2) is 0 Å². The molecule has 0 bridgehead atoms.